The van der Waals surface area contributed by atoms with E-state index in [1.165, 1.54) is 0 Å². The molecule has 1 heterocycles. The number of anilines is 1. The number of amides is 1. The number of ether oxygens (including phenoxy) is 1. The van der Waals surface area contributed by atoms with E-state index in [-0.39, 0.29) is 5.91 Å². The summed E-state index contributed by atoms with van der Waals surface area (Å²) >= 11 is 1.56. The highest BCUT2D eigenvalue weighted by molar-refractivity contribution is 7.22. The number of thiazole rings is 1. The second-order valence-corrected chi connectivity index (χ2v) is 5.41. The van der Waals surface area contributed by atoms with Gasteiger partial charge in [0.05, 0.1) is 17.3 Å². The Kier molecular flexibility index (Phi) is 5.17. The Balaban J connectivity index is 1.88. The summed E-state index contributed by atoms with van der Waals surface area (Å²) in [6.07, 6.45) is 1.41. The van der Waals surface area contributed by atoms with E-state index < -0.39 is 0 Å². The van der Waals surface area contributed by atoms with E-state index >= 15 is 0 Å². The number of hydrogen-bond acceptors (Lipinski definition) is 5. The summed E-state index contributed by atoms with van der Waals surface area (Å²) in [7, 11) is 1.65. The summed E-state index contributed by atoms with van der Waals surface area (Å²) in [4.78, 5) is 15.9. The van der Waals surface area contributed by atoms with Crippen LogP contribution in [0.3, 0.4) is 0 Å². The van der Waals surface area contributed by atoms with Gasteiger partial charge in [0.25, 0.3) is 0 Å². The van der Waals surface area contributed by atoms with Crippen LogP contribution in [0.5, 0.6) is 5.75 Å². The average Bonchev–Trinajstić information content (AvgIpc) is 2.86. The number of nitrogens with one attached hydrogen (secondary N) is 2. The minimum Gasteiger partial charge on any atom is -0.497 e. The molecule has 1 aromatic carbocycles. The molecule has 5 nitrogen and oxygen atoms in total. The average molecular weight is 293 g/mol. The van der Waals surface area contributed by atoms with E-state index in [2.05, 4.69) is 15.6 Å². The first-order valence-corrected chi connectivity index (χ1v) is 7.49. The topological polar surface area (TPSA) is 63.2 Å². The highest BCUT2D eigenvalue weighted by atomic mass is 32.1. The number of hydrogen-bond donors (Lipinski definition) is 2. The van der Waals surface area contributed by atoms with Crippen LogP contribution in [0.15, 0.2) is 18.2 Å². The number of fused-ring (bicyclic) bond motifs is 1. The number of methoxy groups -OCH3 is 1. The predicted molar refractivity (Wildman–Crippen MR) is 82.6 cm³/mol. The summed E-state index contributed by atoms with van der Waals surface area (Å²) in [6, 6.07) is 5.79. The number of rotatable bonds is 7. The summed E-state index contributed by atoms with van der Waals surface area (Å²) in [5, 5.41) is 6.86. The molecular formula is C14H19N3O2S. The maximum atomic E-state index is 11.5. The van der Waals surface area contributed by atoms with Crippen LogP contribution in [0, 0.1) is 0 Å². The zero-order valence-electron chi connectivity index (χ0n) is 11.7. The Morgan fingerprint density at radius 1 is 1.40 bits per heavy atom. The van der Waals surface area contributed by atoms with E-state index in [1.54, 1.807) is 18.4 Å². The van der Waals surface area contributed by atoms with Gasteiger partial charge in [0.1, 0.15) is 5.75 Å². The SMILES string of the molecule is CCCNC(=O)CCNc1nc2ccc(OC)cc2s1. The highest BCUT2D eigenvalue weighted by Gasteiger charge is 2.05. The van der Waals surface area contributed by atoms with Crippen LogP contribution in [-0.2, 0) is 4.79 Å². The van der Waals surface area contributed by atoms with Gasteiger partial charge in [0.15, 0.2) is 5.13 Å². The van der Waals surface area contributed by atoms with Crippen molar-refractivity contribution in [2.45, 2.75) is 19.8 Å². The van der Waals surface area contributed by atoms with Gasteiger partial charge in [0, 0.05) is 19.5 Å². The minimum absolute atomic E-state index is 0.0714. The molecule has 108 valence electrons. The van der Waals surface area contributed by atoms with Gasteiger partial charge >= 0.3 is 0 Å². The lowest BCUT2D eigenvalue weighted by Gasteiger charge is -2.03. The molecule has 0 unspecified atom stereocenters. The molecule has 0 aliphatic rings. The van der Waals surface area contributed by atoms with Gasteiger partial charge in [-0.3, -0.25) is 4.79 Å². The van der Waals surface area contributed by atoms with Crippen molar-refractivity contribution < 1.29 is 9.53 Å². The van der Waals surface area contributed by atoms with Crippen LogP contribution >= 0.6 is 11.3 Å². The molecular weight excluding hydrogens is 274 g/mol. The molecule has 1 amide bonds. The van der Waals surface area contributed by atoms with Gasteiger partial charge in [-0.15, -0.1) is 0 Å². The van der Waals surface area contributed by atoms with Gasteiger partial charge in [-0.1, -0.05) is 18.3 Å². The molecule has 0 spiro atoms. The molecule has 2 aromatic rings. The monoisotopic (exact) mass is 293 g/mol. The van der Waals surface area contributed by atoms with Gasteiger partial charge < -0.3 is 15.4 Å². The fourth-order valence-electron chi connectivity index (χ4n) is 1.74. The Hall–Kier alpha value is -1.82. The van der Waals surface area contributed by atoms with Gasteiger partial charge in [-0.05, 0) is 24.6 Å². The Bertz CT molecular complexity index is 583. The van der Waals surface area contributed by atoms with Crippen LogP contribution in [-0.4, -0.2) is 31.1 Å². The van der Waals surface area contributed by atoms with Gasteiger partial charge in [0.2, 0.25) is 5.91 Å². The number of nitrogens with zero attached hydrogens (tertiary/aromatic N) is 1. The molecule has 1 aromatic heterocycles. The van der Waals surface area contributed by atoms with Crippen molar-refractivity contribution in [3.8, 4) is 5.75 Å². The van der Waals surface area contributed by atoms with Crippen LogP contribution < -0.4 is 15.4 Å². The lowest BCUT2D eigenvalue weighted by Crippen LogP contribution is -2.25. The standard InChI is InChI=1S/C14H19N3O2S/c1-3-7-15-13(18)6-8-16-14-17-11-5-4-10(19-2)9-12(11)20-14/h4-5,9H,3,6-8H2,1-2H3,(H,15,18)(H,16,17). The van der Waals surface area contributed by atoms with Crippen molar-refractivity contribution >= 4 is 32.6 Å². The Morgan fingerprint density at radius 2 is 2.25 bits per heavy atom. The lowest BCUT2D eigenvalue weighted by molar-refractivity contribution is -0.120. The Morgan fingerprint density at radius 3 is 3.00 bits per heavy atom. The van der Waals surface area contributed by atoms with E-state index in [0.29, 0.717) is 13.0 Å². The third kappa shape index (κ3) is 3.84. The number of aromatic nitrogens is 1. The van der Waals surface area contributed by atoms with Gasteiger partial charge in [-0.2, -0.15) is 0 Å². The lowest BCUT2D eigenvalue weighted by atomic mass is 10.3. The van der Waals surface area contributed by atoms with Crippen molar-refractivity contribution in [3.63, 3.8) is 0 Å². The second kappa shape index (κ2) is 7.09. The quantitative estimate of drug-likeness (QED) is 0.824. The van der Waals surface area contributed by atoms with Crippen molar-refractivity contribution in [2.24, 2.45) is 0 Å². The molecule has 0 bridgehead atoms. The van der Waals surface area contributed by atoms with Crippen molar-refractivity contribution in [2.75, 3.05) is 25.5 Å². The fourth-order valence-corrected chi connectivity index (χ4v) is 2.66. The van der Waals surface area contributed by atoms with Crippen LogP contribution in [0.25, 0.3) is 10.2 Å². The first kappa shape index (κ1) is 14.6. The van der Waals surface area contributed by atoms with Crippen molar-refractivity contribution in [1.82, 2.24) is 10.3 Å². The summed E-state index contributed by atoms with van der Waals surface area (Å²) < 4.78 is 6.26. The maximum absolute atomic E-state index is 11.5. The van der Waals surface area contributed by atoms with Crippen LogP contribution in [0.1, 0.15) is 19.8 Å². The Labute approximate surface area is 122 Å². The van der Waals surface area contributed by atoms with Gasteiger partial charge in [-0.25, -0.2) is 4.98 Å². The molecule has 0 fully saturated rings. The van der Waals surface area contributed by atoms with E-state index in [0.717, 1.165) is 34.1 Å². The van der Waals surface area contributed by atoms with E-state index in [4.69, 9.17) is 4.74 Å². The molecule has 2 N–H and O–H groups in total. The molecule has 20 heavy (non-hydrogen) atoms. The molecule has 0 aliphatic carbocycles. The molecule has 0 saturated carbocycles. The zero-order chi connectivity index (χ0) is 14.4. The number of carbonyl (C=O) groups is 1. The second-order valence-electron chi connectivity index (χ2n) is 4.38. The largest absolute Gasteiger partial charge is 0.497 e. The highest BCUT2D eigenvalue weighted by Crippen LogP contribution is 2.28. The summed E-state index contributed by atoms with van der Waals surface area (Å²) in [5.41, 5.74) is 0.939. The van der Waals surface area contributed by atoms with Crippen LogP contribution in [0.4, 0.5) is 5.13 Å². The number of carbonyl (C=O) groups excluding carboxylic acids is 1. The van der Waals surface area contributed by atoms with Crippen molar-refractivity contribution in [3.05, 3.63) is 18.2 Å². The maximum Gasteiger partial charge on any atom is 0.221 e. The minimum atomic E-state index is 0.0714. The zero-order valence-corrected chi connectivity index (χ0v) is 12.5. The molecule has 0 radical (unpaired) electrons. The summed E-state index contributed by atoms with van der Waals surface area (Å²) in [5.74, 6) is 0.897. The van der Waals surface area contributed by atoms with Crippen LogP contribution in [0.2, 0.25) is 0 Å². The summed E-state index contributed by atoms with van der Waals surface area (Å²) in [6.45, 7) is 3.36. The van der Waals surface area contributed by atoms with Crippen molar-refractivity contribution in [1.29, 1.82) is 0 Å². The van der Waals surface area contributed by atoms with E-state index in [9.17, 15) is 4.79 Å². The predicted octanol–water partition coefficient (Wildman–Crippen LogP) is 2.63. The normalized spacial score (nSPS) is 10.5. The third-order valence-corrected chi connectivity index (χ3v) is 3.77. The molecule has 0 atom stereocenters. The number of benzene rings is 1. The molecule has 0 saturated heterocycles. The molecule has 6 heteroatoms. The molecule has 0 aliphatic heterocycles. The third-order valence-electron chi connectivity index (χ3n) is 2.80. The first-order valence-electron chi connectivity index (χ1n) is 6.68. The smallest absolute Gasteiger partial charge is 0.221 e. The first-order chi connectivity index (χ1) is 9.72. The van der Waals surface area contributed by atoms with E-state index in [1.807, 2.05) is 25.1 Å². The molecule has 2 rings (SSSR count). The fraction of sp³-hybridized carbons (Fsp3) is 0.429.